The highest BCUT2D eigenvalue weighted by molar-refractivity contribution is 7.92. The summed E-state index contributed by atoms with van der Waals surface area (Å²) in [4.78, 5) is -0.836. The van der Waals surface area contributed by atoms with Crippen LogP contribution in [0, 0.1) is 0 Å². The van der Waals surface area contributed by atoms with Gasteiger partial charge in [0.05, 0.1) is 11.1 Å². The molecule has 0 saturated carbocycles. The van der Waals surface area contributed by atoms with Crippen LogP contribution in [0.4, 0.5) is 13.2 Å². The van der Waals surface area contributed by atoms with Crippen molar-refractivity contribution >= 4 is 16.1 Å². The Morgan fingerprint density at radius 1 is 1.31 bits per heavy atom. The van der Waals surface area contributed by atoms with Crippen LogP contribution in [0.15, 0.2) is 34.3 Å². The van der Waals surface area contributed by atoms with Gasteiger partial charge in [0.15, 0.2) is 0 Å². The van der Waals surface area contributed by atoms with Gasteiger partial charge in [-0.25, -0.2) is 8.42 Å². The van der Waals surface area contributed by atoms with E-state index in [2.05, 4.69) is 5.10 Å². The first-order valence-corrected chi connectivity index (χ1v) is 5.42. The quantitative estimate of drug-likeness (QED) is 0.489. The number of hydrogen-bond acceptors (Lipinski definition) is 4. The number of alkyl halides is 3. The lowest BCUT2D eigenvalue weighted by atomic mass is 10.2. The molecule has 0 radical (unpaired) electrons. The lowest BCUT2D eigenvalue weighted by Crippen LogP contribution is -2.23. The highest BCUT2D eigenvalue weighted by atomic mass is 32.2. The van der Waals surface area contributed by atoms with Gasteiger partial charge in [-0.3, -0.25) is 0 Å². The monoisotopic (exact) mass is 252 g/mol. The second kappa shape index (κ2) is 4.12. The predicted molar refractivity (Wildman–Crippen MR) is 51.5 cm³/mol. The second-order valence-corrected chi connectivity index (χ2v) is 4.74. The maximum Gasteiger partial charge on any atom is 0.501 e. The summed E-state index contributed by atoms with van der Waals surface area (Å²) in [5, 5.41) is 3.09. The van der Waals surface area contributed by atoms with Crippen molar-refractivity contribution in [2.45, 2.75) is 10.4 Å². The standard InChI is InChI=1S/C8H7F3N2O2S/c9-8(10,11)16(14,15)7-3-1-2-6(4-7)5-13-12/h1-5H,12H2. The molecule has 0 bridgehead atoms. The molecule has 1 aromatic rings. The molecule has 0 aliphatic carbocycles. The van der Waals surface area contributed by atoms with Crippen molar-refractivity contribution < 1.29 is 21.6 Å². The molecule has 0 unspecified atom stereocenters. The van der Waals surface area contributed by atoms with Crippen LogP contribution < -0.4 is 5.84 Å². The zero-order chi connectivity index (χ0) is 12.4. The third-order valence-corrected chi connectivity index (χ3v) is 3.18. The highest BCUT2D eigenvalue weighted by Crippen LogP contribution is 2.30. The number of benzene rings is 1. The molecule has 1 rings (SSSR count). The van der Waals surface area contributed by atoms with E-state index in [1.165, 1.54) is 12.1 Å². The third kappa shape index (κ3) is 2.32. The minimum Gasteiger partial charge on any atom is -0.323 e. The van der Waals surface area contributed by atoms with E-state index in [1.54, 1.807) is 0 Å². The number of halogens is 3. The van der Waals surface area contributed by atoms with Crippen molar-refractivity contribution in [3.63, 3.8) is 0 Å². The van der Waals surface area contributed by atoms with Crippen LogP contribution in [0.1, 0.15) is 5.56 Å². The summed E-state index contributed by atoms with van der Waals surface area (Å²) in [6, 6.07) is 4.26. The van der Waals surface area contributed by atoms with Gasteiger partial charge in [0, 0.05) is 0 Å². The molecule has 0 amide bonds. The Kier molecular flexibility index (Phi) is 3.22. The van der Waals surface area contributed by atoms with Gasteiger partial charge in [0.1, 0.15) is 0 Å². The van der Waals surface area contributed by atoms with E-state index < -0.39 is 20.2 Å². The summed E-state index contributed by atoms with van der Waals surface area (Å²) in [5.74, 6) is 4.80. The van der Waals surface area contributed by atoms with Crippen LogP contribution in [0.5, 0.6) is 0 Å². The van der Waals surface area contributed by atoms with Gasteiger partial charge in [-0.05, 0) is 17.7 Å². The van der Waals surface area contributed by atoms with Crippen molar-refractivity contribution in [3.05, 3.63) is 29.8 Å². The maximum absolute atomic E-state index is 12.2. The van der Waals surface area contributed by atoms with E-state index in [9.17, 15) is 21.6 Å². The van der Waals surface area contributed by atoms with Crippen LogP contribution >= 0.6 is 0 Å². The van der Waals surface area contributed by atoms with Gasteiger partial charge in [0.25, 0.3) is 9.84 Å². The molecule has 88 valence electrons. The molecule has 0 spiro atoms. The molecule has 1 aromatic carbocycles. The first kappa shape index (κ1) is 12.5. The van der Waals surface area contributed by atoms with Crippen molar-refractivity contribution in [1.29, 1.82) is 0 Å². The lowest BCUT2D eigenvalue weighted by molar-refractivity contribution is -0.0436. The smallest absolute Gasteiger partial charge is 0.323 e. The minimum atomic E-state index is -5.32. The topological polar surface area (TPSA) is 72.5 Å². The summed E-state index contributed by atoms with van der Waals surface area (Å²) < 4.78 is 58.6. The van der Waals surface area contributed by atoms with Gasteiger partial charge in [-0.2, -0.15) is 18.3 Å². The average molecular weight is 252 g/mol. The average Bonchev–Trinajstić information content (AvgIpc) is 2.17. The van der Waals surface area contributed by atoms with Crippen molar-refractivity contribution in [3.8, 4) is 0 Å². The lowest BCUT2D eigenvalue weighted by Gasteiger charge is -2.07. The van der Waals surface area contributed by atoms with Gasteiger partial charge in [-0.15, -0.1) is 0 Å². The zero-order valence-corrected chi connectivity index (χ0v) is 8.59. The van der Waals surface area contributed by atoms with Crippen LogP contribution in [-0.2, 0) is 9.84 Å². The van der Waals surface area contributed by atoms with Crippen LogP contribution in [0.2, 0.25) is 0 Å². The number of hydrazone groups is 1. The second-order valence-electron chi connectivity index (χ2n) is 2.80. The highest BCUT2D eigenvalue weighted by Gasteiger charge is 2.46. The first-order valence-electron chi connectivity index (χ1n) is 3.93. The van der Waals surface area contributed by atoms with E-state index in [-0.39, 0.29) is 5.56 Å². The van der Waals surface area contributed by atoms with Gasteiger partial charge < -0.3 is 5.84 Å². The maximum atomic E-state index is 12.2. The van der Waals surface area contributed by atoms with E-state index in [0.29, 0.717) is 0 Å². The van der Waals surface area contributed by atoms with E-state index in [4.69, 9.17) is 5.84 Å². The van der Waals surface area contributed by atoms with Crippen molar-refractivity contribution in [2.75, 3.05) is 0 Å². The number of nitrogens with zero attached hydrogens (tertiary/aromatic N) is 1. The molecule has 0 saturated heterocycles. The van der Waals surface area contributed by atoms with Crippen LogP contribution in [0.25, 0.3) is 0 Å². The Balaban J connectivity index is 3.30. The largest absolute Gasteiger partial charge is 0.501 e. The first-order chi connectivity index (χ1) is 7.29. The van der Waals surface area contributed by atoms with E-state index in [0.717, 1.165) is 18.3 Å². The summed E-state index contributed by atoms with van der Waals surface area (Å²) in [7, 11) is -5.32. The Bertz CT molecular complexity index is 508. The Morgan fingerprint density at radius 3 is 2.44 bits per heavy atom. The fourth-order valence-electron chi connectivity index (χ4n) is 0.982. The molecule has 0 aliphatic rings. The molecular weight excluding hydrogens is 245 g/mol. The number of hydrogen-bond donors (Lipinski definition) is 1. The summed E-state index contributed by atoms with van der Waals surface area (Å²) in [5.41, 5.74) is -5.14. The molecule has 0 aliphatic heterocycles. The molecule has 0 aromatic heterocycles. The summed E-state index contributed by atoms with van der Waals surface area (Å²) >= 11 is 0. The molecular formula is C8H7F3N2O2S. The molecule has 0 heterocycles. The Labute approximate surface area is 89.5 Å². The molecule has 0 fully saturated rings. The molecule has 0 atom stereocenters. The Hall–Kier alpha value is -1.57. The molecule has 4 nitrogen and oxygen atoms in total. The molecule has 16 heavy (non-hydrogen) atoms. The van der Waals surface area contributed by atoms with E-state index >= 15 is 0 Å². The molecule has 8 heteroatoms. The van der Waals surface area contributed by atoms with Crippen molar-refractivity contribution in [1.82, 2.24) is 0 Å². The predicted octanol–water partition coefficient (Wildman–Crippen LogP) is 1.27. The summed E-state index contributed by atoms with van der Waals surface area (Å²) in [6.45, 7) is 0. The summed E-state index contributed by atoms with van der Waals surface area (Å²) in [6.07, 6.45) is 1.05. The van der Waals surface area contributed by atoms with Gasteiger partial charge in [-0.1, -0.05) is 12.1 Å². The third-order valence-electron chi connectivity index (χ3n) is 1.70. The van der Waals surface area contributed by atoms with Crippen LogP contribution in [0.3, 0.4) is 0 Å². The number of sulfone groups is 1. The van der Waals surface area contributed by atoms with Gasteiger partial charge in [0.2, 0.25) is 0 Å². The van der Waals surface area contributed by atoms with Crippen LogP contribution in [-0.4, -0.2) is 20.1 Å². The fourth-order valence-corrected chi connectivity index (χ4v) is 1.80. The van der Waals surface area contributed by atoms with Gasteiger partial charge >= 0.3 is 5.51 Å². The fraction of sp³-hybridized carbons (Fsp3) is 0.125. The zero-order valence-electron chi connectivity index (χ0n) is 7.77. The Morgan fingerprint density at radius 2 is 1.94 bits per heavy atom. The number of rotatable bonds is 2. The number of nitrogens with two attached hydrogens (primary N) is 1. The van der Waals surface area contributed by atoms with E-state index in [1.807, 2.05) is 0 Å². The SMILES string of the molecule is NN=Cc1cccc(S(=O)(=O)C(F)(F)F)c1. The van der Waals surface area contributed by atoms with Crippen molar-refractivity contribution in [2.24, 2.45) is 10.9 Å². The molecule has 2 N–H and O–H groups in total. The normalized spacial score (nSPS) is 13.2. The minimum absolute atomic E-state index is 0.174.